The molecule has 1 aromatic carbocycles. The maximum Gasteiger partial charge on any atom is 0.325 e. The van der Waals surface area contributed by atoms with Crippen LogP contribution in [-0.4, -0.2) is 40.9 Å². The van der Waals surface area contributed by atoms with E-state index in [2.05, 4.69) is 16.0 Å². The summed E-state index contributed by atoms with van der Waals surface area (Å²) in [6.07, 6.45) is 6.70. The van der Waals surface area contributed by atoms with Gasteiger partial charge in [0.2, 0.25) is 5.91 Å². The second kappa shape index (κ2) is 7.32. The number of hydrogen-bond donors (Lipinski definition) is 3. The number of aryl methyl sites for hydroxylation is 1. The Morgan fingerprint density at radius 2 is 1.66 bits per heavy atom. The summed E-state index contributed by atoms with van der Waals surface area (Å²) in [5.41, 5.74) is 0.0822. The molecule has 6 amide bonds. The van der Waals surface area contributed by atoms with Gasteiger partial charge in [-0.3, -0.25) is 19.8 Å². The van der Waals surface area contributed by atoms with Crippen molar-refractivity contribution in [1.29, 1.82) is 0 Å². The van der Waals surface area contributed by atoms with E-state index in [1.54, 1.807) is 19.1 Å². The van der Waals surface area contributed by atoms with Gasteiger partial charge < -0.3 is 10.6 Å². The van der Waals surface area contributed by atoms with E-state index in [1.165, 1.54) is 19.3 Å². The van der Waals surface area contributed by atoms with Crippen molar-refractivity contribution >= 4 is 23.9 Å². The standard InChI is InChI=1S/C24H30N4O4/c1-14-5-3-4-6-18(14)23(2)20(30)28(22(32)27-23)13-19(29)25-21(31)26-24-10-15-7-16(11-24)9-17(8-15)12-24/h3-6,15-17H,7-13H2,1-2H3,(H,27,32)(H2,25,26,29,31). The van der Waals surface area contributed by atoms with Crippen LogP contribution < -0.4 is 16.0 Å². The molecular formula is C24H30N4O4. The summed E-state index contributed by atoms with van der Waals surface area (Å²) in [5, 5.41) is 8.12. The zero-order valence-electron chi connectivity index (χ0n) is 18.6. The predicted molar refractivity (Wildman–Crippen MR) is 116 cm³/mol. The van der Waals surface area contributed by atoms with Crippen LogP contribution in [0.15, 0.2) is 24.3 Å². The fraction of sp³-hybridized carbons (Fsp3) is 0.583. The largest absolute Gasteiger partial charge is 0.332 e. The zero-order chi connectivity index (χ0) is 22.7. The van der Waals surface area contributed by atoms with E-state index < -0.39 is 36.0 Å². The van der Waals surface area contributed by atoms with Crippen molar-refractivity contribution in [2.24, 2.45) is 17.8 Å². The van der Waals surface area contributed by atoms with Gasteiger partial charge in [-0.15, -0.1) is 0 Å². The normalized spacial score (nSPS) is 35.1. The van der Waals surface area contributed by atoms with Crippen LogP contribution in [0.4, 0.5) is 9.59 Å². The monoisotopic (exact) mass is 438 g/mol. The third kappa shape index (κ3) is 3.45. The number of amides is 6. The highest BCUT2D eigenvalue weighted by Crippen LogP contribution is 2.55. The van der Waals surface area contributed by atoms with Gasteiger partial charge in [0.15, 0.2) is 0 Å². The van der Waals surface area contributed by atoms with Gasteiger partial charge in [-0.2, -0.15) is 0 Å². The molecule has 4 aliphatic carbocycles. The number of benzene rings is 1. The van der Waals surface area contributed by atoms with Crippen molar-refractivity contribution in [3.05, 3.63) is 35.4 Å². The van der Waals surface area contributed by atoms with Crippen LogP contribution in [0.1, 0.15) is 56.6 Å². The number of carbonyl (C=O) groups is 4. The van der Waals surface area contributed by atoms with E-state index in [-0.39, 0.29) is 5.54 Å². The van der Waals surface area contributed by atoms with Crippen molar-refractivity contribution < 1.29 is 19.2 Å². The van der Waals surface area contributed by atoms with Crippen molar-refractivity contribution in [2.45, 2.75) is 63.5 Å². The third-order valence-electron chi connectivity index (χ3n) is 7.93. The molecule has 1 atom stereocenters. The Hall–Kier alpha value is -2.90. The minimum Gasteiger partial charge on any atom is -0.332 e. The molecule has 1 saturated heterocycles. The maximum absolute atomic E-state index is 13.1. The Morgan fingerprint density at radius 1 is 1.06 bits per heavy atom. The Labute approximate surface area is 187 Å². The molecule has 170 valence electrons. The summed E-state index contributed by atoms with van der Waals surface area (Å²) < 4.78 is 0. The predicted octanol–water partition coefficient (Wildman–Crippen LogP) is 2.56. The fourth-order valence-electron chi connectivity index (χ4n) is 7.00. The van der Waals surface area contributed by atoms with Crippen LogP contribution in [0.3, 0.4) is 0 Å². The molecule has 5 aliphatic rings. The Balaban J connectivity index is 1.22. The summed E-state index contributed by atoms with van der Waals surface area (Å²) in [4.78, 5) is 51.6. The molecule has 0 aromatic heterocycles. The van der Waals surface area contributed by atoms with Gasteiger partial charge in [-0.05, 0) is 81.3 Å². The smallest absolute Gasteiger partial charge is 0.325 e. The lowest BCUT2D eigenvalue weighted by molar-refractivity contribution is -0.134. The summed E-state index contributed by atoms with van der Waals surface area (Å²) in [6, 6.07) is 6.14. The number of nitrogens with one attached hydrogen (secondary N) is 3. The molecule has 4 bridgehead atoms. The Bertz CT molecular complexity index is 970. The average molecular weight is 439 g/mol. The van der Waals surface area contributed by atoms with Crippen LogP contribution in [0.5, 0.6) is 0 Å². The van der Waals surface area contributed by atoms with Crippen LogP contribution >= 0.6 is 0 Å². The Morgan fingerprint density at radius 3 is 2.25 bits per heavy atom. The first-order valence-corrected chi connectivity index (χ1v) is 11.5. The van der Waals surface area contributed by atoms with E-state index in [0.717, 1.165) is 29.7 Å². The molecule has 1 aliphatic heterocycles. The molecule has 6 rings (SSSR count). The number of carbonyl (C=O) groups excluding carboxylic acids is 4. The first kappa shape index (κ1) is 21.0. The van der Waals surface area contributed by atoms with E-state index in [1.807, 2.05) is 19.1 Å². The average Bonchev–Trinajstić information content (AvgIpc) is 2.90. The first-order chi connectivity index (χ1) is 15.2. The van der Waals surface area contributed by atoms with Crippen LogP contribution in [0.25, 0.3) is 0 Å². The van der Waals surface area contributed by atoms with Crippen molar-refractivity contribution in [1.82, 2.24) is 20.9 Å². The van der Waals surface area contributed by atoms with E-state index in [0.29, 0.717) is 23.3 Å². The summed E-state index contributed by atoms with van der Waals surface area (Å²) in [5.74, 6) is 0.824. The molecule has 4 saturated carbocycles. The minimum absolute atomic E-state index is 0.219. The number of nitrogens with zero attached hydrogens (tertiary/aromatic N) is 1. The van der Waals surface area contributed by atoms with Crippen molar-refractivity contribution in [3.8, 4) is 0 Å². The SMILES string of the molecule is Cc1ccccc1C1(C)NC(=O)N(CC(=O)NC(=O)NC23CC4CC(CC(C4)C2)C3)C1=O. The maximum atomic E-state index is 13.1. The van der Waals surface area contributed by atoms with Gasteiger partial charge in [0.05, 0.1) is 0 Å². The number of rotatable bonds is 4. The van der Waals surface area contributed by atoms with Crippen molar-refractivity contribution in [2.75, 3.05) is 6.54 Å². The fourth-order valence-corrected chi connectivity index (χ4v) is 7.00. The van der Waals surface area contributed by atoms with Crippen LogP contribution in [0.2, 0.25) is 0 Å². The quantitative estimate of drug-likeness (QED) is 0.628. The second-order valence-electron chi connectivity index (χ2n) is 10.5. The number of hydrogen-bond acceptors (Lipinski definition) is 4. The number of urea groups is 2. The molecule has 1 aromatic rings. The first-order valence-electron chi connectivity index (χ1n) is 11.5. The zero-order valence-corrected chi connectivity index (χ0v) is 18.6. The van der Waals surface area contributed by atoms with E-state index in [4.69, 9.17) is 0 Å². The molecule has 0 radical (unpaired) electrons. The molecule has 1 heterocycles. The lowest BCUT2D eigenvalue weighted by Crippen LogP contribution is -2.62. The van der Waals surface area contributed by atoms with E-state index in [9.17, 15) is 19.2 Å². The molecule has 1 unspecified atom stereocenters. The molecule has 8 heteroatoms. The van der Waals surface area contributed by atoms with Gasteiger partial charge in [-0.25, -0.2) is 9.59 Å². The Kier molecular flexibility index (Phi) is 4.80. The van der Waals surface area contributed by atoms with Crippen LogP contribution in [-0.2, 0) is 15.1 Å². The molecule has 3 N–H and O–H groups in total. The van der Waals surface area contributed by atoms with Crippen LogP contribution in [0, 0.1) is 24.7 Å². The lowest BCUT2D eigenvalue weighted by atomic mass is 9.53. The molecule has 0 spiro atoms. The summed E-state index contributed by atoms with van der Waals surface area (Å²) >= 11 is 0. The summed E-state index contributed by atoms with van der Waals surface area (Å²) in [7, 11) is 0. The second-order valence-corrected chi connectivity index (χ2v) is 10.5. The molecular weight excluding hydrogens is 408 g/mol. The molecule has 32 heavy (non-hydrogen) atoms. The third-order valence-corrected chi connectivity index (χ3v) is 7.93. The van der Waals surface area contributed by atoms with Gasteiger partial charge in [0.25, 0.3) is 5.91 Å². The lowest BCUT2D eigenvalue weighted by Gasteiger charge is -2.56. The van der Waals surface area contributed by atoms with E-state index >= 15 is 0 Å². The van der Waals surface area contributed by atoms with Gasteiger partial charge in [-0.1, -0.05) is 24.3 Å². The summed E-state index contributed by atoms with van der Waals surface area (Å²) in [6.45, 7) is 3.00. The minimum atomic E-state index is -1.25. The van der Waals surface area contributed by atoms with Gasteiger partial charge in [0.1, 0.15) is 12.1 Å². The van der Waals surface area contributed by atoms with Gasteiger partial charge in [0, 0.05) is 5.54 Å². The topological polar surface area (TPSA) is 108 Å². The highest BCUT2D eigenvalue weighted by Gasteiger charge is 2.52. The molecule has 5 fully saturated rings. The highest BCUT2D eigenvalue weighted by molar-refractivity contribution is 6.10. The van der Waals surface area contributed by atoms with Crippen molar-refractivity contribution in [3.63, 3.8) is 0 Å². The molecule has 8 nitrogen and oxygen atoms in total. The number of imide groups is 2. The highest BCUT2D eigenvalue weighted by atomic mass is 16.2. The van der Waals surface area contributed by atoms with Gasteiger partial charge >= 0.3 is 12.1 Å².